The molecule has 0 radical (unpaired) electrons. The summed E-state index contributed by atoms with van der Waals surface area (Å²) in [7, 11) is -3.93. The number of carbonyl (C=O) groups excluding carboxylic acids is 1. The third-order valence-electron chi connectivity index (χ3n) is 2.43. The maximum atomic E-state index is 12.0. The zero-order valence-corrected chi connectivity index (χ0v) is 13.7. The minimum Gasteiger partial charge on any atom is -0.318 e. The van der Waals surface area contributed by atoms with E-state index in [0.29, 0.717) is 0 Å². The molecule has 1 heterocycles. The van der Waals surface area contributed by atoms with Gasteiger partial charge in [0.1, 0.15) is 5.69 Å². The molecule has 0 saturated carbocycles. The van der Waals surface area contributed by atoms with Gasteiger partial charge in [-0.05, 0) is 19.1 Å². The van der Waals surface area contributed by atoms with Gasteiger partial charge >= 0.3 is 0 Å². The van der Waals surface area contributed by atoms with E-state index in [4.69, 9.17) is 28.3 Å². The Kier molecular flexibility index (Phi) is 4.54. The molecular weight excluding hydrogens is 357 g/mol. The van der Waals surface area contributed by atoms with Crippen molar-refractivity contribution in [3.05, 3.63) is 38.3 Å². The molecule has 0 saturated heterocycles. The molecular formula is C11H9Cl2N3O3S2. The van der Waals surface area contributed by atoms with Crippen molar-refractivity contribution >= 4 is 56.2 Å². The van der Waals surface area contributed by atoms with E-state index in [1.165, 1.54) is 11.3 Å². The standard InChI is InChI=1S/C11H9Cl2N3O3S2/c1-5-15-9(4-20-5)11(17)16-10-7(12)2-6(3-8(10)13)21(14,18)19/h2-4H,1H3,(H,16,17)(H2,14,18,19). The summed E-state index contributed by atoms with van der Waals surface area (Å²) in [6, 6.07) is 2.23. The van der Waals surface area contributed by atoms with Crippen LogP contribution >= 0.6 is 34.5 Å². The van der Waals surface area contributed by atoms with Gasteiger partial charge in [-0.25, -0.2) is 18.5 Å². The fourth-order valence-electron chi connectivity index (χ4n) is 1.48. The van der Waals surface area contributed by atoms with E-state index in [0.717, 1.165) is 17.1 Å². The fourth-order valence-corrected chi connectivity index (χ4v) is 3.35. The van der Waals surface area contributed by atoms with E-state index >= 15 is 0 Å². The van der Waals surface area contributed by atoms with Gasteiger partial charge in [0.2, 0.25) is 10.0 Å². The zero-order chi connectivity index (χ0) is 15.8. The summed E-state index contributed by atoms with van der Waals surface area (Å²) in [6.45, 7) is 1.77. The van der Waals surface area contributed by atoms with Crippen molar-refractivity contribution in [3.63, 3.8) is 0 Å². The molecule has 0 aliphatic rings. The number of aromatic nitrogens is 1. The topological polar surface area (TPSA) is 102 Å². The third-order valence-corrected chi connectivity index (χ3v) is 4.70. The number of nitrogens with one attached hydrogen (secondary N) is 1. The van der Waals surface area contributed by atoms with E-state index in [2.05, 4.69) is 10.3 Å². The van der Waals surface area contributed by atoms with Crippen molar-refractivity contribution in [2.45, 2.75) is 11.8 Å². The van der Waals surface area contributed by atoms with Crippen molar-refractivity contribution in [2.75, 3.05) is 5.32 Å². The second-order valence-corrected chi connectivity index (χ2v) is 7.45. The number of carbonyl (C=O) groups is 1. The molecule has 10 heteroatoms. The van der Waals surface area contributed by atoms with Gasteiger partial charge in [-0.2, -0.15) is 0 Å². The van der Waals surface area contributed by atoms with Gasteiger partial charge in [-0.1, -0.05) is 23.2 Å². The molecule has 1 aromatic carbocycles. The Bertz CT molecular complexity index is 795. The number of hydrogen-bond acceptors (Lipinski definition) is 5. The first-order valence-electron chi connectivity index (χ1n) is 5.44. The molecule has 1 amide bonds. The second-order valence-electron chi connectivity index (χ2n) is 4.01. The number of thiazole rings is 1. The minimum absolute atomic E-state index is 0.0353. The number of nitrogens with two attached hydrogens (primary N) is 1. The number of sulfonamides is 1. The molecule has 112 valence electrons. The number of anilines is 1. The van der Waals surface area contributed by atoms with Gasteiger partial charge in [0.15, 0.2) is 0 Å². The Labute approximate surface area is 134 Å². The van der Waals surface area contributed by atoms with E-state index in [1.807, 2.05) is 0 Å². The lowest BCUT2D eigenvalue weighted by molar-refractivity contribution is 0.102. The van der Waals surface area contributed by atoms with E-state index in [9.17, 15) is 13.2 Å². The van der Waals surface area contributed by atoms with Gasteiger partial charge in [-0.3, -0.25) is 4.79 Å². The average Bonchev–Trinajstić information content (AvgIpc) is 2.79. The van der Waals surface area contributed by atoms with Crippen LogP contribution in [-0.2, 0) is 10.0 Å². The summed E-state index contributed by atoms with van der Waals surface area (Å²) in [5.41, 5.74) is 0.321. The number of benzene rings is 1. The van der Waals surface area contributed by atoms with Crippen LogP contribution in [0.4, 0.5) is 5.69 Å². The number of halogens is 2. The Hall–Kier alpha value is -1.19. The molecule has 0 spiro atoms. The third kappa shape index (κ3) is 3.72. The smallest absolute Gasteiger partial charge is 0.275 e. The molecule has 6 nitrogen and oxygen atoms in total. The van der Waals surface area contributed by atoms with Crippen LogP contribution in [0.5, 0.6) is 0 Å². The van der Waals surface area contributed by atoms with Crippen LogP contribution in [0, 0.1) is 6.92 Å². The highest BCUT2D eigenvalue weighted by molar-refractivity contribution is 7.89. The average molecular weight is 366 g/mol. The van der Waals surface area contributed by atoms with Crippen LogP contribution in [0.1, 0.15) is 15.5 Å². The number of nitrogens with zero attached hydrogens (tertiary/aromatic N) is 1. The molecule has 1 aromatic heterocycles. The maximum Gasteiger partial charge on any atom is 0.275 e. The van der Waals surface area contributed by atoms with Crippen molar-refractivity contribution in [3.8, 4) is 0 Å². The van der Waals surface area contributed by atoms with Crippen LogP contribution in [0.2, 0.25) is 10.0 Å². The summed E-state index contributed by atoms with van der Waals surface area (Å²) in [6.07, 6.45) is 0. The monoisotopic (exact) mass is 365 g/mol. The molecule has 0 bridgehead atoms. The summed E-state index contributed by atoms with van der Waals surface area (Å²) in [5, 5.41) is 9.75. The van der Waals surface area contributed by atoms with Gasteiger partial charge in [0.05, 0.1) is 25.6 Å². The number of primary sulfonamides is 1. The van der Waals surface area contributed by atoms with Crippen molar-refractivity contribution in [1.82, 2.24) is 4.98 Å². The molecule has 0 unspecified atom stereocenters. The minimum atomic E-state index is -3.93. The van der Waals surface area contributed by atoms with Crippen LogP contribution in [0.3, 0.4) is 0 Å². The quantitative estimate of drug-likeness (QED) is 0.872. The highest BCUT2D eigenvalue weighted by Gasteiger charge is 2.18. The lowest BCUT2D eigenvalue weighted by Gasteiger charge is -2.10. The number of amides is 1. The number of aryl methyl sites for hydroxylation is 1. The summed E-state index contributed by atoms with van der Waals surface area (Å²) in [4.78, 5) is 15.8. The highest BCUT2D eigenvalue weighted by atomic mass is 35.5. The SMILES string of the molecule is Cc1nc(C(=O)Nc2c(Cl)cc(S(N)(=O)=O)cc2Cl)cs1. The Morgan fingerprint density at radius 1 is 1.33 bits per heavy atom. The van der Waals surface area contributed by atoms with E-state index < -0.39 is 15.9 Å². The molecule has 0 fully saturated rings. The second kappa shape index (κ2) is 5.90. The van der Waals surface area contributed by atoms with Gasteiger partial charge in [-0.15, -0.1) is 11.3 Å². The molecule has 2 aromatic rings. The first-order valence-corrected chi connectivity index (χ1v) is 8.62. The first-order chi connectivity index (χ1) is 9.68. The van der Waals surface area contributed by atoms with Gasteiger partial charge in [0.25, 0.3) is 5.91 Å². The summed E-state index contributed by atoms with van der Waals surface area (Å²) >= 11 is 13.2. The lowest BCUT2D eigenvalue weighted by Crippen LogP contribution is -2.15. The predicted molar refractivity (Wildman–Crippen MR) is 82.6 cm³/mol. The summed E-state index contributed by atoms with van der Waals surface area (Å²) < 4.78 is 22.5. The molecule has 2 rings (SSSR count). The number of rotatable bonds is 3. The predicted octanol–water partition coefficient (Wildman–Crippen LogP) is 2.66. The summed E-state index contributed by atoms with van der Waals surface area (Å²) in [5.74, 6) is -0.494. The number of hydrogen-bond donors (Lipinski definition) is 2. The normalized spacial score (nSPS) is 11.4. The van der Waals surface area contributed by atoms with Crippen molar-refractivity contribution < 1.29 is 13.2 Å². The first kappa shape index (κ1) is 16.2. The largest absolute Gasteiger partial charge is 0.318 e. The zero-order valence-electron chi connectivity index (χ0n) is 10.6. The Morgan fingerprint density at radius 2 is 1.90 bits per heavy atom. The molecule has 21 heavy (non-hydrogen) atoms. The van der Waals surface area contributed by atoms with Crippen molar-refractivity contribution in [1.29, 1.82) is 0 Å². The maximum absolute atomic E-state index is 12.0. The molecule has 0 aliphatic heterocycles. The molecule has 0 atom stereocenters. The fraction of sp³-hybridized carbons (Fsp3) is 0.0909. The van der Waals surface area contributed by atoms with Gasteiger partial charge < -0.3 is 5.32 Å². The van der Waals surface area contributed by atoms with Crippen molar-refractivity contribution in [2.24, 2.45) is 5.14 Å². The lowest BCUT2D eigenvalue weighted by atomic mass is 10.3. The highest BCUT2D eigenvalue weighted by Crippen LogP contribution is 2.33. The van der Waals surface area contributed by atoms with Crippen LogP contribution in [0.25, 0.3) is 0 Å². The van der Waals surface area contributed by atoms with Crippen LogP contribution in [-0.4, -0.2) is 19.3 Å². The van der Waals surface area contributed by atoms with E-state index in [-0.39, 0.29) is 26.3 Å². The van der Waals surface area contributed by atoms with Crippen LogP contribution < -0.4 is 10.5 Å². The van der Waals surface area contributed by atoms with E-state index in [1.54, 1.807) is 12.3 Å². The van der Waals surface area contributed by atoms with Gasteiger partial charge in [0, 0.05) is 5.38 Å². The molecule has 0 aliphatic carbocycles. The molecule has 3 N–H and O–H groups in total. The Morgan fingerprint density at radius 3 is 2.33 bits per heavy atom. The Balaban J connectivity index is 2.35. The van der Waals surface area contributed by atoms with Crippen LogP contribution in [0.15, 0.2) is 22.4 Å².